The third-order valence-corrected chi connectivity index (χ3v) is 4.93. The quantitative estimate of drug-likeness (QED) is 0.364. The van der Waals surface area contributed by atoms with Crippen LogP contribution < -0.4 is 15.8 Å². The number of nitrogens with zero attached hydrogens (tertiary/aromatic N) is 4. The van der Waals surface area contributed by atoms with Crippen LogP contribution in [0.1, 0.15) is 23.2 Å². The monoisotopic (exact) mass is 490 g/mol. The van der Waals surface area contributed by atoms with Crippen molar-refractivity contribution in [2.75, 3.05) is 11.1 Å². The van der Waals surface area contributed by atoms with Crippen LogP contribution >= 0.6 is 0 Å². The van der Waals surface area contributed by atoms with Gasteiger partial charge in [0, 0.05) is 5.69 Å². The van der Waals surface area contributed by atoms with E-state index >= 15 is 0 Å². The number of aromatic nitrogens is 4. The average Bonchev–Trinajstić information content (AvgIpc) is 3.08. The highest BCUT2D eigenvalue weighted by molar-refractivity contribution is 5.95. The maximum atomic E-state index is 15.0. The number of rotatable bonds is 5. The number of hydrogen-bond acceptors (Lipinski definition) is 7. The number of anilines is 2. The Morgan fingerprint density at radius 3 is 2.60 bits per heavy atom. The van der Waals surface area contributed by atoms with E-state index in [2.05, 4.69) is 25.1 Å². The van der Waals surface area contributed by atoms with Crippen LogP contribution in [0.25, 0.3) is 16.7 Å². The zero-order valence-electron chi connectivity index (χ0n) is 18.3. The van der Waals surface area contributed by atoms with Gasteiger partial charge >= 0.3 is 6.36 Å². The summed E-state index contributed by atoms with van der Waals surface area (Å²) in [6.07, 6.45) is -6.77. The van der Waals surface area contributed by atoms with Crippen LogP contribution in [-0.4, -0.2) is 37.1 Å². The number of amides is 1. The molecular weight excluding hydrogens is 472 g/mol. The van der Waals surface area contributed by atoms with Gasteiger partial charge in [-0.05, 0) is 49.7 Å². The van der Waals surface area contributed by atoms with Crippen molar-refractivity contribution in [3.05, 3.63) is 65.4 Å². The third kappa shape index (κ3) is 4.99. The first-order chi connectivity index (χ1) is 16.4. The number of hydrogen-bond donors (Lipinski definition) is 3. The lowest BCUT2D eigenvalue weighted by molar-refractivity contribution is -0.274. The lowest BCUT2D eigenvalue weighted by Crippen LogP contribution is -2.21. The highest BCUT2D eigenvalue weighted by atomic mass is 19.4. The molecule has 0 bridgehead atoms. The molecule has 4 aromatic rings. The Kier molecular flexibility index (Phi) is 6.03. The number of aliphatic hydroxyl groups excluding tert-OH is 1. The third-order valence-electron chi connectivity index (χ3n) is 4.93. The van der Waals surface area contributed by atoms with Crippen molar-refractivity contribution in [1.82, 2.24) is 19.7 Å². The van der Waals surface area contributed by atoms with E-state index in [1.807, 2.05) is 0 Å². The van der Waals surface area contributed by atoms with Crippen molar-refractivity contribution in [2.24, 2.45) is 0 Å². The fourth-order valence-corrected chi connectivity index (χ4v) is 3.47. The van der Waals surface area contributed by atoms with Crippen molar-refractivity contribution in [3.8, 4) is 11.4 Å². The molecular formula is C22H18F4N6O3. The molecule has 0 unspecified atom stereocenters. The van der Waals surface area contributed by atoms with Crippen LogP contribution in [0, 0.1) is 19.7 Å². The normalized spacial score (nSPS) is 12.5. The summed E-state index contributed by atoms with van der Waals surface area (Å²) >= 11 is 0. The van der Waals surface area contributed by atoms with E-state index < -0.39 is 29.9 Å². The number of benzene rings is 2. The molecule has 0 saturated carbocycles. The van der Waals surface area contributed by atoms with Gasteiger partial charge in [-0.15, -0.1) is 13.2 Å². The van der Waals surface area contributed by atoms with E-state index in [-0.39, 0.29) is 22.8 Å². The van der Waals surface area contributed by atoms with Crippen molar-refractivity contribution in [1.29, 1.82) is 0 Å². The van der Waals surface area contributed by atoms with E-state index in [1.54, 1.807) is 13.8 Å². The number of carbonyl (C=O) groups excluding carboxylic acids is 1. The summed E-state index contributed by atoms with van der Waals surface area (Å²) in [6, 6.07) is 8.03. The van der Waals surface area contributed by atoms with E-state index in [9.17, 15) is 27.5 Å². The zero-order valence-corrected chi connectivity index (χ0v) is 18.3. The Labute approximate surface area is 195 Å². The van der Waals surface area contributed by atoms with E-state index in [0.717, 1.165) is 18.2 Å². The molecule has 2 aromatic heterocycles. The van der Waals surface area contributed by atoms with Gasteiger partial charge in [0.2, 0.25) is 0 Å². The van der Waals surface area contributed by atoms with Gasteiger partial charge in [-0.1, -0.05) is 12.1 Å². The minimum Gasteiger partial charge on any atom is -0.406 e. The van der Waals surface area contributed by atoms with Crippen LogP contribution in [0.2, 0.25) is 0 Å². The van der Waals surface area contributed by atoms with Crippen molar-refractivity contribution in [2.45, 2.75) is 26.3 Å². The number of nitrogens with two attached hydrogens (primary N) is 1. The van der Waals surface area contributed by atoms with Crippen molar-refractivity contribution in [3.63, 3.8) is 0 Å². The molecule has 13 heteroatoms. The van der Waals surface area contributed by atoms with Gasteiger partial charge in [-0.2, -0.15) is 5.10 Å². The highest BCUT2D eigenvalue weighted by Crippen LogP contribution is 2.28. The maximum Gasteiger partial charge on any atom is 0.573 e. The van der Waals surface area contributed by atoms with Gasteiger partial charge in [-0.3, -0.25) is 4.79 Å². The van der Waals surface area contributed by atoms with E-state index in [1.165, 1.54) is 28.9 Å². The minimum atomic E-state index is -4.93. The largest absolute Gasteiger partial charge is 0.573 e. The van der Waals surface area contributed by atoms with Gasteiger partial charge < -0.3 is 20.9 Å². The molecule has 0 radical (unpaired) electrons. The number of nitrogens with one attached hydrogen (secondary N) is 1. The smallest absolute Gasteiger partial charge is 0.406 e. The second-order valence-electron chi connectivity index (χ2n) is 7.53. The molecule has 182 valence electrons. The topological polar surface area (TPSA) is 128 Å². The molecule has 9 nitrogen and oxygen atoms in total. The number of ether oxygens (including phenoxy) is 1. The predicted octanol–water partition coefficient (Wildman–Crippen LogP) is 3.72. The Hall–Kier alpha value is -4.26. The SMILES string of the molecule is Cc1nc(N)c2c(n1)c(C)nn2-c1ccc(NC(=O)[C@H](O)c2cccc(OC(F)(F)F)c2)cc1F. The Morgan fingerprint density at radius 2 is 1.91 bits per heavy atom. The van der Waals surface area contributed by atoms with Crippen molar-refractivity contribution < 1.29 is 32.2 Å². The number of aliphatic hydroxyl groups is 1. The number of alkyl halides is 3. The average molecular weight is 490 g/mol. The summed E-state index contributed by atoms with van der Waals surface area (Å²) in [4.78, 5) is 20.8. The fourth-order valence-electron chi connectivity index (χ4n) is 3.47. The maximum absolute atomic E-state index is 15.0. The molecule has 0 aliphatic heterocycles. The van der Waals surface area contributed by atoms with Crippen LogP contribution in [-0.2, 0) is 4.79 Å². The minimum absolute atomic E-state index is 0.00811. The van der Waals surface area contributed by atoms with E-state index in [0.29, 0.717) is 22.6 Å². The molecule has 4 N–H and O–H groups in total. The Bertz CT molecular complexity index is 1440. The first-order valence-electron chi connectivity index (χ1n) is 10.1. The van der Waals surface area contributed by atoms with Crippen molar-refractivity contribution >= 4 is 28.4 Å². The van der Waals surface area contributed by atoms with Gasteiger partial charge in [0.25, 0.3) is 5.91 Å². The number of fused-ring (bicyclic) bond motifs is 1. The molecule has 4 rings (SSSR count). The molecule has 0 saturated heterocycles. The summed E-state index contributed by atoms with van der Waals surface area (Å²) in [6.45, 7) is 3.35. The van der Waals surface area contributed by atoms with Gasteiger partial charge in [0.1, 0.15) is 28.3 Å². The van der Waals surface area contributed by atoms with E-state index in [4.69, 9.17) is 5.73 Å². The lowest BCUT2D eigenvalue weighted by Gasteiger charge is -2.14. The highest BCUT2D eigenvalue weighted by Gasteiger charge is 2.31. The summed E-state index contributed by atoms with van der Waals surface area (Å²) in [5.74, 6) is -1.82. The predicted molar refractivity (Wildman–Crippen MR) is 117 cm³/mol. The summed E-state index contributed by atoms with van der Waals surface area (Å²) < 4.78 is 57.3. The fraction of sp³-hybridized carbons (Fsp3) is 0.182. The van der Waals surface area contributed by atoms with Crippen LogP contribution in [0.3, 0.4) is 0 Å². The number of carbonyl (C=O) groups is 1. The molecule has 1 atom stereocenters. The molecule has 0 spiro atoms. The number of halogens is 4. The number of aryl methyl sites for hydroxylation is 2. The summed E-state index contributed by atoms with van der Waals surface area (Å²) in [5.41, 5.74) is 7.15. The molecule has 0 aliphatic rings. The Balaban J connectivity index is 1.57. The first kappa shape index (κ1) is 23.9. The standard InChI is InChI=1S/C22H18F4N6O3/c1-10-17-18(20(27)29-11(2)28-17)32(31-10)16-7-6-13(9-15(16)23)30-21(34)19(33)12-4-3-5-14(8-12)35-22(24,25)26/h3-9,19,33H,1-2H3,(H,30,34)(H2,27,28,29)/t19-/m1/s1. The second-order valence-corrected chi connectivity index (χ2v) is 7.53. The summed E-state index contributed by atoms with van der Waals surface area (Å²) in [5, 5.41) is 16.9. The second kappa shape index (κ2) is 8.83. The molecule has 2 aromatic carbocycles. The van der Waals surface area contributed by atoms with Gasteiger partial charge in [-0.25, -0.2) is 19.0 Å². The van der Waals surface area contributed by atoms with Crippen LogP contribution in [0.15, 0.2) is 42.5 Å². The molecule has 0 aliphatic carbocycles. The zero-order chi connectivity index (χ0) is 25.5. The van der Waals surface area contributed by atoms with Gasteiger partial charge in [0.05, 0.1) is 5.69 Å². The molecule has 2 heterocycles. The van der Waals surface area contributed by atoms with Gasteiger partial charge in [0.15, 0.2) is 17.7 Å². The molecule has 35 heavy (non-hydrogen) atoms. The lowest BCUT2D eigenvalue weighted by atomic mass is 10.1. The van der Waals surface area contributed by atoms with Crippen LogP contribution in [0.4, 0.5) is 29.1 Å². The van der Waals surface area contributed by atoms with Crippen LogP contribution in [0.5, 0.6) is 5.75 Å². The summed E-state index contributed by atoms with van der Waals surface area (Å²) in [7, 11) is 0. The molecule has 0 fully saturated rings. The number of nitrogen functional groups attached to an aromatic ring is 1. The Morgan fingerprint density at radius 1 is 1.17 bits per heavy atom. The molecule has 1 amide bonds. The first-order valence-corrected chi connectivity index (χ1v) is 10.1.